The first-order chi connectivity index (χ1) is 13.8. The second kappa shape index (κ2) is 13.9. The molecule has 2 N–H and O–H groups in total. The largest absolute Gasteiger partial charge is 0.379 e. The summed E-state index contributed by atoms with van der Waals surface area (Å²) in [6.45, 7) is 6.76. The van der Waals surface area contributed by atoms with Gasteiger partial charge in [0.05, 0.1) is 18.4 Å². The van der Waals surface area contributed by atoms with Gasteiger partial charge in [-0.25, -0.2) is 4.98 Å². The number of ether oxygens (including phenoxy) is 2. The average Bonchev–Trinajstić information content (AvgIpc) is 3.40. The molecule has 1 aliphatic heterocycles. The number of guanidine groups is 1. The molecule has 0 radical (unpaired) electrons. The van der Waals surface area contributed by atoms with E-state index in [1.807, 2.05) is 18.2 Å². The fourth-order valence-corrected chi connectivity index (χ4v) is 3.80. The first-order valence-corrected chi connectivity index (χ1v) is 10.9. The summed E-state index contributed by atoms with van der Waals surface area (Å²) in [5.41, 5.74) is 2.28. The van der Waals surface area contributed by atoms with Crippen molar-refractivity contribution in [1.29, 1.82) is 0 Å². The van der Waals surface area contributed by atoms with E-state index >= 15 is 0 Å². The van der Waals surface area contributed by atoms with Crippen molar-refractivity contribution in [2.45, 2.75) is 32.3 Å². The minimum Gasteiger partial charge on any atom is -0.379 e. The van der Waals surface area contributed by atoms with Crippen LogP contribution < -0.4 is 10.6 Å². The summed E-state index contributed by atoms with van der Waals surface area (Å²) in [5, 5.41) is 9.90. The second-order valence-electron chi connectivity index (χ2n) is 6.66. The molecule has 1 aliphatic rings. The molecule has 0 bridgehead atoms. The van der Waals surface area contributed by atoms with Crippen molar-refractivity contribution in [2.75, 3.05) is 39.5 Å². The number of benzene rings is 1. The Bertz CT molecular complexity index is 720. The molecule has 1 saturated heterocycles. The lowest BCUT2D eigenvalue weighted by Gasteiger charge is -2.11. The predicted octanol–water partition coefficient (Wildman–Crippen LogP) is 3.72. The van der Waals surface area contributed by atoms with E-state index in [-0.39, 0.29) is 30.1 Å². The predicted molar refractivity (Wildman–Crippen MR) is 130 cm³/mol. The van der Waals surface area contributed by atoms with Gasteiger partial charge in [0.25, 0.3) is 0 Å². The van der Waals surface area contributed by atoms with Crippen LogP contribution in [0, 0.1) is 0 Å². The summed E-state index contributed by atoms with van der Waals surface area (Å²) < 4.78 is 11.1. The Morgan fingerprint density at radius 2 is 2.17 bits per heavy atom. The standard InChI is InChI=1S/C21H30N4O2S.HI/c1-2-22-21(23-11-6-13-27-19-10-14-26-15-19)24-12-9-18-16-28-20(25-18)17-7-4-3-5-8-17;/h3-5,7-8,16,19H,2,6,9-15H2,1H3,(H2,22,23,24);1H. The third-order valence-electron chi connectivity index (χ3n) is 4.40. The molecule has 1 aromatic carbocycles. The molecule has 1 atom stereocenters. The Labute approximate surface area is 194 Å². The van der Waals surface area contributed by atoms with Crippen LogP contribution in [-0.4, -0.2) is 56.5 Å². The van der Waals surface area contributed by atoms with Gasteiger partial charge in [0.2, 0.25) is 0 Å². The minimum atomic E-state index is 0. The summed E-state index contributed by atoms with van der Waals surface area (Å²) in [6, 6.07) is 10.3. The van der Waals surface area contributed by atoms with E-state index in [9.17, 15) is 0 Å². The topological polar surface area (TPSA) is 67.8 Å². The highest BCUT2D eigenvalue weighted by Crippen LogP contribution is 2.23. The first-order valence-electron chi connectivity index (χ1n) is 10.1. The Balaban J connectivity index is 0.00000300. The Morgan fingerprint density at radius 3 is 2.93 bits per heavy atom. The van der Waals surface area contributed by atoms with Crippen LogP contribution in [0.25, 0.3) is 10.6 Å². The van der Waals surface area contributed by atoms with Crippen molar-refractivity contribution in [3.63, 3.8) is 0 Å². The van der Waals surface area contributed by atoms with Crippen LogP contribution in [0.3, 0.4) is 0 Å². The maximum absolute atomic E-state index is 5.78. The van der Waals surface area contributed by atoms with Crippen molar-refractivity contribution in [3.8, 4) is 10.6 Å². The summed E-state index contributed by atoms with van der Waals surface area (Å²) in [4.78, 5) is 9.37. The highest BCUT2D eigenvalue weighted by molar-refractivity contribution is 14.0. The van der Waals surface area contributed by atoms with Crippen molar-refractivity contribution in [2.24, 2.45) is 4.99 Å². The van der Waals surface area contributed by atoms with Gasteiger partial charge in [-0.1, -0.05) is 30.3 Å². The van der Waals surface area contributed by atoms with Crippen molar-refractivity contribution in [3.05, 3.63) is 41.4 Å². The number of nitrogens with one attached hydrogen (secondary N) is 2. The summed E-state index contributed by atoms with van der Waals surface area (Å²) in [5.74, 6) is 0.852. The molecule has 1 unspecified atom stereocenters. The lowest BCUT2D eigenvalue weighted by atomic mass is 10.2. The fraction of sp³-hybridized carbons (Fsp3) is 0.524. The molecule has 1 aromatic heterocycles. The molecule has 1 fully saturated rings. The normalized spacial score (nSPS) is 16.4. The summed E-state index contributed by atoms with van der Waals surface area (Å²) in [7, 11) is 0. The quantitative estimate of drug-likeness (QED) is 0.212. The van der Waals surface area contributed by atoms with Crippen molar-refractivity contribution >= 4 is 41.3 Å². The van der Waals surface area contributed by atoms with E-state index in [0.29, 0.717) is 0 Å². The van der Waals surface area contributed by atoms with E-state index in [2.05, 4.69) is 40.1 Å². The SMILES string of the molecule is CCNC(=NCCCOC1CCOC1)NCCc1csc(-c2ccccc2)n1.I. The smallest absolute Gasteiger partial charge is 0.191 e. The molecule has 2 heterocycles. The second-order valence-corrected chi connectivity index (χ2v) is 7.52. The minimum absolute atomic E-state index is 0. The third kappa shape index (κ3) is 8.57. The highest BCUT2D eigenvalue weighted by Gasteiger charge is 2.15. The zero-order valence-corrected chi connectivity index (χ0v) is 20.1. The number of halogens is 1. The molecule has 0 amide bonds. The maximum Gasteiger partial charge on any atom is 0.191 e. The summed E-state index contributed by atoms with van der Waals surface area (Å²) in [6.07, 6.45) is 3.07. The van der Waals surface area contributed by atoms with Crippen LogP contribution >= 0.6 is 35.3 Å². The van der Waals surface area contributed by atoms with Gasteiger partial charge in [-0.15, -0.1) is 35.3 Å². The van der Waals surface area contributed by atoms with Gasteiger partial charge in [-0.3, -0.25) is 4.99 Å². The number of thiazole rings is 1. The van der Waals surface area contributed by atoms with Crippen LogP contribution in [0.15, 0.2) is 40.7 Å². The lowest BCUT2D eigenvalue weighted by Crippen LogP contribution is -2.38. The van der Waals surface area contributed by atoms with Crippen molar-refractivity contribution < 1.29 is 9.47 Å². The van der Waals surface area contributed by atoms with E-state index in [1.54, 1.807) is 11.3 Å². The number of hydrogen-bond acceptors (Lipinski definition) is 5. The van der Waals surface area contributed by atoms with Gasteiger partial charge in [-0.05, 0) is 19.8 Å². The molecule has 0 spiro atoms. The van der Waals surface area contributed by atoms with E-state index in [4.69, 9.17) is 14.5 Å². The molecule has 3 rings (SSSR count). The molecule has 29 heavy (non-hydrogen) atoms. The number of aliphatic imine (C=N–C) groups is 1. The molecule has 0 saturated carbocycles. The van der Waals surface area contributed by atoms with Crippen molar-refractivity contribution in [1.82, 2.24) is 15.6 Å². The molecular weight excluding hydrogens is 499 g/mol. The zero-order chi connectivity index (χ0) is 19.4. The van der Waals surface area contributed by atoms with Gasteiger partial charge in [-0.2, -0.15) is 0 Å². The molecule has 2 aromatic rings. The zero-order valence-electron chi connectivity index (χ0n) is 16.9. The Hall–Kier alpha value is -1.23. The van der Waals surface area contributed by atoms with Crippen LogP contribution in [0.1, 0.15) is 25.5 Å². The van der Waals surface area contributed by atoms with Crippen LogP contribution in [-0.2, 0) is 15.9 Å². The average molecular weight is 530 g/mol. The number of rotatable bonds is 10. The highest BCUT2D eigenvalue weighted by atomic mass is 127. The van der Waals surface area contributed by atoms with Crippen LogP contribution in [0.5, 0.6) is 0 Å². The maximum atomic E-state index is 5.78. The number of aromatic nitrogens is 1. The summed E-state index contributed by atoms with van der Waals surface area (Å²) >= 11 is 1.69. The number of hydrogen-bond donors (Lipinski definition) is 2. The van der Waals surface area contributed by atoms with Gasteiger partial charge in [0, 0.05) is 50.2 Å². The first kappa shape index (κ1) is 24.0. The lowest BCUT2D eigenvalue weighted by molar-refractivity contribution is 0.0424. The van der Waals surface area contributed by atoms with Gasteiger partial charge in [0.1, 0.15) is 5.01 Å². The molecule has 6 nitrogen and oxygen atoms in total. The van der Waals surface area contributed by atoms with E-state index in [0.717, 1.165) is 75.4 Å². The van der Waals surface area contributed by atoms with E-state index in [1.165, 1.54) is 5.56 Å². The fourth-order valence-electron chi connectivity index (χ4n) is 2.94. The van der Waals surface area contributed by atoms with Gasteiger partial charge >= 0.3 is 0 Å². The Morgan fingerprint density at radius 1 is 1.31 bits per heavy atom. The van der Waals surface area contributed by atoms with Gasteiger partial charge < -0.3 is 20.1 Å². The molecular formula is C21H31IN4O2S. The third-order valence-corrected chi connectivity index (χ3v) is 5.34. The van der Waals surface area contributed by atoms with Gasteiger partial charge in [0.15, 0.2) is 5.96 Å². The Kier molecular flexibility index (Phi) is 11.5. The van der Waals surface area contributed by atoms with Crippen LogP contribution in [0.4, 0.5) is 0 Å². The molecule has 160 valence electrons. The monoisotopic (exact) mass is 530 g/mol. The molecule has 8 heteroatoms. The van der Waals surface area contributed by atoms with E-state index < -0.39 is 0 Å². The number of nitrogens with zero attached hydrogens (tertiary/aromatic N) is 2. The van der Waals surface area contributed by atoms with Crippen LogP contribution in [0.2, 0.25) is 0 Å². The molecule has 0 aliphatic carbocycles.